The summed E-state index contributed by atoms with van der Waals surface area (Å²) in [5.74, 6) is 2.87. The highest BCUT2D eigenvalue weighted by molar-refractivity contribution is 5.80. The van der Waals surface area contributed by atoms with Crippen LogP contribution in [0.25, 0.3) is 0 Å². The molecule has 0 radical (unpaired) electrons. The molecule has 1 aromatic rings. The molecule has 1 amide bonds. The minimum Gasteiger partial charge on any atom is -0.465 e. The van der Waals surface area contributed by atoms with Gasteiger partial charge >= 0.3 is 0 Å². The van der Waals surface area contributed by atoms with E-state index < -0.39 is 0 Å². The average Bonchev–Trinajstić information content (AvgIpc) is 3.34. The number of fused-ring (bicyclic) bond motifs is 1. The SMILES string of the molecule is CCc1ccc(CN2C[C@H](C(=O)N3CCCC3)[C@@H]3CCO[C@@H]3C2)o1. The van der Waals surface area contributed by atoms with Crippen molar-refractivity contribution in [1.82, 2.24) is 9.80 Å². The number of carbonyl (C=O) groups is 1. The normalized spacial score (nSPS) is 30.7. The number of hydrogen-bond acceptors (Lipinski definition) is 4. The minimum atomic E-state index is 0.0879. The van der Waals surface area contributed by atoms with E-state index in [-0.39, 0.29) is 12.0 Å². The van der Waals surface area contributed by atoms with Crippen molar-refractivity contribution in [1.29, 1.82) is 0 Å². The number of nitrogens with zero attached hydrogens (tertiary/aromatic N) is 2. The highest BCUT2D eigenvalue weighted by atomic mass is 16.5. The van der Waals surface area contributed by atoms with Gasteiger partial charge in [-0.3, -0.25) is 9.69 Å². The van der Waals surface area contributed by atoms with Gasteiger partial charge in [-0.2, -0.15) is 0 Å². The van der Waals surface area contributed by atoms with E-state index in [1.807, 2.05) is 0 Å². The van der Waals surface area contributed by atoms with Crippen molar-refractivity contribution in [2.75, 3.05) is 32.8 Å². The second-order valence-electron chi connectivity index (χ2n) is 7.42. The Morgan fingerprint density at radius 2 is 2.00 bits per heavy atom. The highest BCUT2D eigenvalue weighted by Gasteiger charge is 2.45. The van der Waals surface area contributed by atoms with Crippen molar-refractivity contribution < 1.29 is 13.9 Å². The summed E-state index contributed by atoms with van der Waals surface area (Å²) in [5, 5.41) is 0. The van der Waals surface area contributed by atoms with Crippen LogP contribution in [0.4, 0.5) is 0 Å². The summed E-state index contributed by atoms with van der Waals surface area (Å²) in [5.41, 5.74) is 0. The molecule has 5 heteroatoms. The molecule has 0 aromatic carbocycles. The van der Waals surface area contributed by atoms with Crippen molar-refractivity contribution in [2.45, 2.75) is 45.3 Å². The summed E-state index contributed by atoms with van der Waals surface area (Å²) >= 11 is 0. The maximum absolute atomic E-state index is 13.0. The molecule has 4 rings (SSSR count). The van der Waals surface area contributed by atoms with Gasteiger partial charge in [0.05, 0.1) is 18.6 Å². The Morgan fingerprint density at radius 3 is 2.75 bits per heavy atom. The molecule has 24 heavy (non-hydrogen) atoms. The van der Waals surface area contributed by atoms with Gasteiger partial charge in [-0.1, -0.05) is 6.92 Å². The van der Waals surface area contributed by atoms with E-state index in [9.17, 15) is 4.79 Å². The molecule has 0 saturated carbocycles. The lowest BCUT2D eigenvalue weighted by molar-refractivity contribution is -0.141. The van der Waals surface area contributed by atoms with Gasteiger partial charge in [-0.15, -0.1) is 0 Å². The number of furan rings is 1. The molecule has 0 aliphatic carbocycles. The van der Waals surface area contributed by atoms with Gasteiger partial charge in [0, 0.05) is 45.1 Å². The van der Waals surface area contributed by atoms with Gasteiger partial charge < -0.3 is 14.1 Å². The predicted octanol–water partition coefficient (Wildman–Crippen LogP) is 2.30. The number of hydrogen-bond donors (Lipinski definition) is 0. The van der Waals surface area contributed by atoms with Crippen molar-refractivity contribution >= 4 is 5.91 Å². The van der Waals surface area contributed by atoms with E-state index in [1.165, 1.54) is 0 Å². The Labute approximate surface area is 143 Å². The largest absolute Gasteiger partial charge is 0.465 e. The molecular weight excluding hydrogens is 304 g/mol. The van der Waals surface area contributed by atoms with Crippen LogP contribution in [0.15, 0.2) is 16.5 Å². The fourth-order valence-electron chi connectivity index (χ4n) is 4.54. The zero-order chi connectivity index (χ0) is 16.5. The monoisotopic (exact) mass is 332 g/mol. The number of carbonyl (C=O) groups excluding carboxylic acids is 1. The molecule has 0 spiro atoms. The van der Waals surface area contributed by atoms with E-state index >= 15 is 0 Å². The molecule has 1 aromatic heterocycles. The second kappa shape index (κ2) is 6.89. The van der Waals surface area contributed by atoms with Crippen LogP contribution in [-0.2, 0) is 22.5 Å². The molecule has 3 saturated heterocycles. The number of rotatable bonds is 4. The van der Waals surface area contributed by atoms with Crippen LogP contribution in [0.5, 0.6) is 0 Å². The smallest absolute Gasteiger partial charge is 0.227 e. The lowest BCUT2D eigenvalue weighted by Crippen LogP contribution is -2.52. The van der Waals surface area contributed by atoms with Crippen LogP contribution in [0, 0.1) is 11.8 Å². The number of amides is 1. The summed E-state index contributed by atoms with van der Waals surface area (Å²) in [4.78, 5) is 17.4. The van der Waals surface area contributed by atoms with E-state index in [0.717, 1.165) is 76.5 Å². The average molecular weight is 332 g/mol. The molecule has 3 fully saturated rings. The minimum absolute atomic E-state index is 0.0879. The third-order valence-electron chi connectivity index (χ3n) is 5.85. The van der Waals surface area contributed by atoms with Crippen molar-refractivity contribution in [3.63, 3.8) is 0 Å². The van der Waals surface area contributed by atoms with Gasteiger partial charge in [-0.05, 0) is 31.4 Å². The Kier molecular flexibility index (Phi) is 4.63. The van der Waals surface area contributed by atoms with Crippen molar-refractivity contribution in [3.8, 4) is 0 Å². The van der Waals surface area contributed by atoms with Crippen molar-refractivity contribution in [2.24, 2.45) is 11.8 Å². The van der Waals surface area contributed by atoms with Gasteiger partial charge in [0.25, 0.3) is 0 Å². The fourth-order valence-corrected chi connectivity index (χ4v) is 4.54. The molecule has 4 heterocycles. The summed E-state index contributed by atoms with van der Waals surface area (Å²) in [6.45, 7) is 7.30. The first-order valence-corrected chi connectivity index (χ1v) is 9.45. The number of piperidine rings is 1. The van der Waals surface area contributed by atoms with Crippen molar-refractivity contribution in [3.05, 3.63) is 23.7 Å². The third-order valence-corrected chi connectivity index (χ3v) is 5.85. The van der Waals surface area contributed by atoms with Gasteiger partial charge in [-0.25, -0.2) is 0 Å². The molecule has 3 aliphatic heterocycles. The number of aryl methyl sites for hydroxylation is 1. The van der Waals surface area contributed by atoms with Crippen LogP contribution in [0.2, 0.25) is 0 Å². The van der Waals surface area contributed by atoms with E-state index in [0.29, 0.717) is 11.8 Å². The fraction of sp³-hybridized carbons (Fsp3) is 0.737. The first-order valence-electron chi connectivity index (χ1n) is 9.45. The van der Waals surface area contributed by atoms with Gasteiger partial charge in [0.2, 0.25) is 5.91 Å². The maximum atomic E-state index is 13.0. The van der Waals surface area contributed by atoms with Gasteiger partial charge in [0.15, 0.2) is 0 Å². The number of likely N-dealkylation sites (tertiary alicyclic amines) is 2. The molecule has 3 aliphatic rings. The Bertz CT molecular complexity index is 579. The van der Waals surface area contributed by atoms with E-state index in [4.69, 9.17) is 9.15 Å². The Morgan fingerprint density at radius 1 is 1.21 bits per heavy atom. The molecule has 3 atom stereocenters. The molecule has 0 N–H and O–H groups in total. The first kappa shape index (κ1) is 16.2. The summed E-state index contributed by atoms with van der Waals surface area (Å²) in [7, 11) is 0. The Balaban J connectivity index is 1.47. The molecule has 0 bridgehead atoms. The summed E-state index contributed by atoms with van der Waals surface area (Å²) in [6, 6.07) is 4.12. The van der Waals surface area contributed by atoms with E-state index in [2.05, 4.69) is 28.9 Å². The third kappa shape index (κ3) is 3.11. The molecular formula is C19H28N2O3. The standard InChI is InChI=1S/C19H28N2O3/c1-2-14-5-6-15(24-14)11-20-12-17(16-7-10-23-18(16)13-20)19(22)21-8-3-4-9-21/h5-6,16-18H,2-4,7-13H2,1H3/t16-,17-,18+/m0/s1. The molecule has 0 unspecified atom stereocenters. The zero-order valence-corrected chi connectivity index (χ0v) is 14.6. The number of ether oxygens (including phenoxy) is 1. The quantitative estimate of drug-likeness (QED) is 0.849. The Hall–Kier alpha value is -1.33. The van der Waals surface area contributed by atoms with Crippen LogP contribution in [0.1, 0.15) is 37.7 Å². The van der Waals surface area contributed by atoms with Crippen LogP contribution < -0.4 is 0 Å². The first-order chi connectivity index (χ1) is 11.7. The topological polar surface area (TPSA) is 45.9 Å². The molecule has 132 valence electrons. The lowest BCUT2D eigenvalue weighted by Gasteiger charge is -2.40. The highest BCUT2D eigenvalue weighted by Crippen LogP contribution is 2.36. The van der Waals surface area contributed by atoms with Gasteiger partial charge in [0.1, 0.15) is 11.5 Å². The maximum Gasteiger partial charge on any atom is 0.227 e. The van der Waals surface area contributed by atoms with Crippen LogP contribution in [-0.4, -0.2) is 54.6 Å². The zero-order valence-electron chi connectivity index (χ0n) is 14.6. The summed E-state index contributed by atoms with van der Waals surface area (Å²) < 4.78 is 11.8. The summed E-state index contributed by atoms with van der Waals surface area (Å²) in [6.07, 6.45) is 4.46. The molecule has 5 nitrogen and oxygen atoms in total. The second-order valence-corrected chi connectivity index (χ2v) is 7.42. The van der Waals surface area contributed by atoms with Crippen LogP contribution in [0.3, 0.4) is 0 Å². The van der Waals surface area contributed by atoms with Crippen LogP contribution >= 0.6 is 0 Å². The van der Waals surface area contributed by atoms with E-state index in [1.54, 1.807) is 0 Å². The predicted molar refractivity (Wildman–Crippen MR) is 90.5 cm³/mol. The lowest BCUT2D eigenvalue weighted by atomic mass is 9.82.